The zero-order chi connectivity index (χ0) is 23.2. The molecule has 0 unspecified atom stereocenters. The van der Waals surface area contributed by atoms with Gasteiger partial charge in [-0.05, 0) is 63.2 Å². The molecule has 1 aromatic carbocycles. The van der Waals surface area contributed by atoms with Gasteiger partial charge in [-0.3, -0.25) is 9.98 Å². The lowest BCUT2D eigenvalue weighted by Crippen LogP contribution is -2.29. The van der Waals surface area contributed by atoms with Crippen molar-refractivity contribution in [3.05, 3.63) is 58.3 Å². The van der Waals surface area contributed by atoms with Crippen LogP contribution in [0.1, 0.15) is 41.1 Å². The van der Waals surface area contributed by atoms with Gasteiger partial charge in [0, 0.05) is 30.1 Å². The van der Waals surface area contributed by atoms with Crippen molar-refractivity contribution >= 4 is 16.9 Å². The Bertz CT molecular complexity index is 1260. The Morgan fingerprint density at radius 3 is 2.73 bits per heavy atom. The second kappa shape index (κ2) is 8.44. The molecule has 2 aliphatic heterocycles. The highest BCUT2D eigenvalue weighted by Gasteiger charge is 2.32. The summed E-state index contributed by atoms with van der Waals surface area (Å²) in [6, 6.07) is 6.33. The van der Waals surface area contributed by atoms with Crippen LogP contribution >= 0.6 is 0 Å². The maximum absolute atomic E-state index is 13.3. The molecule has 0 bridgehead atoms. The summed E-state index contributed by atoms with van der Waals surface area (Å²) < 4.78 is 42.1. The third-order valence-corrected chi connectivity index (χ3v) is 6.81. The normalized spacial score (nSPS) is 18.0. The minimum Gasteiger partial charge on any atom is -0.354 e. The molecule has 5 rings (SSSR count). The lowest BCUT2D eigenvalue weighted by Gasteiger charge is -2.28. The predicted octanol–water partition coefficient (Wildman–Crippen LogP) is 4.09. The molecule has 0 atom stereocenters. The molecule has 6 nitrogen and oxygen atoms in total. The molecule has 1 N–H and O–H groups in total. The topological polar surface area (TPSA) is 58.3 Å². The summed E-state index contributed by atoms with van der Waals surface area (Å²) >= 11 is 0. The van der Waals surface area contributed by atoms with E-state index in [2.05, 4.69) is 27.9 Å². The second-order valence-corrected chi connectivity index (χ2v) is 8.94. The van der Waals surface area contributed by atoms with E-state index in [0.717, 1.165) is 67.6 Å². The third-order valence-electron chi connectivity index (χ3n) is 6.81. The monoisotopic (exact) mass is 456 g/mol. The first-order valence-corrected chi connectivity index (χ1v) is 11.3. The van der Waals surface area contributed by atoms with Gasteiger partial charge >= 0.3 is 6.18 Å². The zero-order valence-electron chi connectivity index (χ0n) is 18.8. The Hall–Kier alpha value is -2.94. The Labute approximate surface area is 190 Å². The summed E-state index contributed by atoms with van der Waals surface area (Å²) in [5.74, 6) is 1.11. The molecule has 2 aromatic heterocycles. The van der Waals surface area contributed by atoms with E-state index >= 15 is 0 Å². The number of nitrogens with zero attached hydrogens (tertiary/aromatic N) is 5. The van der Waals surface area contributed by atoms with E-state index < -0.39 is 11.7 Å². The molecule has 174 valence electrons. The van der Waals surface area contributed by atoms with Crippen LogP contribution in [0.15, 0.2) is 35.5 Å². The van der Waals surface area contributed by atoms with Crippen molar-refractivity contribution < 1.29 is 13.2 Å². The molecule has 0 aliphatic carbocycles. The standard InChI is InChI=1S/C24H27F3N6/c1-15-17(4-3-5-19(15)24(25,26)27)13-30-22-18-12-20(16-6-9-32(2)10-7-16)29-14-21(18)33-11-8-28-23(33)31-22/h3-5,12,14,16H,6-11,13H2,1-2H3,(H,28,30,31). The Kier molecular flexibility index (Phi) is 5.60. The van der Waals surface area contributed by atoms with Crippen LogP contribution in [-0.4, -0.2) is 46.1 Å². The first-order valence-electron chi connectivity index (χ1n) is 11.3. The van der Waals surface area contributed by atoms with E-state index in [-0.39, 0.29) is 12.1 Å². The van der Waals surface area contributed by atoms with Crippen molar-refractivity contribution in [2.75, 3.05) is 32.0 Å². The van der Waals surface area contributed by atoms with E-state index in [0.29, 0.717) is 17.0 Å². The van der Waals surface area contributed by atoms with Crippen LogP contribution in [0.4, 0.5) is 19.1 Å². The highest BCUT2D eigenvalue weighted by atomic mass is 19.4. The van der Waals surface area contributed by atoms with Crippen LogP contribution in [0, 0.1) is 6.92 Å². The fourth-order valence-corrected chi connectivity index (χ4v) is 4.80. The minimum atomic E-state index is -4.38. The molecule has 2 aliphatic rings. The first kappa shape index (κ1) is 21.9. The molecule has 1 fully saturated rings. The Balaban J connectivity index is 1.58. The van der Waals surface area contributed by atoms with Crippen molar-refractivity contribution in [1.29, 1.82) is 0 Å². The number of likely N-dealkylation sites (tertiary alicyclic amines) is 1. The average molecular weight is 457 g/mol. The van der Waals surface area contributed by atoms with Gasteiger partial charge in [-0.15, -0.1) is 0 Å². The number of alkyl halides is 3. The summed E-state index contributed by atoms with van der Waals surface area (Å²) in [5, 5.41) is 4.16. The van der Waals surface area contributed by atoms with E-state index in [4.69, 9.17) is 15.0 Å². The lowest BCUT2D eigenvalue weighted by molar-refractivity contribution is -0.138. The van der Waals surface area contributed by atoms with Gasteiger partial charge in [0.15, 0.2) is 5.49 Å². The number of hydrogen-bond acceptors (Lipinski definition) is 5. The quantitative estimate of drug-likeness (QED) is 0.645. The van der Waals surface area contributed by atoms with Gasteiger partial charge in [0.2, 0.25) is 5.95 Å². The van der Waals surface area contributed by atoms with Crippen LogP contribution in [0.2, 0.25) is 0 Å². The fourth-order valence-electron chi connectivity index (χ4n) is 4.80. The average Bonchev–Trinajstić information content (AvgIpc) is 3.26. The van der Waals surface area contributed by atoms with Gasteiger partial charge in [0.1, 0.15) is 0 Å². The molecule has 0 saturated carbocycles. The molecule has 0 spiro atoms. The minimum absolute atomic E-state index is 0.132. The Morgan fingerprint density at radius 2 is 1.97 bits per heavy atom. The third kappa shape index (κ3) is 4.21. The van der Waals surface area contributed by atoms with Crippen molar-refractivity contribution in [3.8, 4) is 0 Å². The van der Waals surface area contributed by atoms with Gasteiger partial charge in [-0.25, -0.2) is 0 Å². The molecule has 9 heteroatoms. The fraction of sp³-hybridized carbons (Fsp3) is 0.458. The Morgan fingerprint density at radius 1 is 1.18 bits per heavy atom. The van der Waals surface area contributed by atoms with Gasteiger partial charge in [-0.1, -0.05) is 12.1 Å². The van der Waals surface area contributed by atoms with E-state index in [1.165, 1.54) is 13.0 Å². The van der Waals surface area contributed by atoms with Crippen LogP contribution in [0.25, 0.3) is 10.9 Å². The van der Waals surface area contributed by atoms with E-state index in [1.807, 2.05) is 6.20 Å². The summed E-state index contributed by atoms with van der Waals surface area (Å²) in [5.41, 5.74) is 2.66. The van der Waals surface area contributed by atoms with Gasteiger partial charge in [0.25, 0.3) is 0 Å². The van der Waals surface area contributed by atoms with Crippen molar-refractivity contribution in [3.63, 3.8) is 0 Å². The van der Waals surface area contributed by atoms with Gasteiger partial charge in [-0.2, -0.15) is 18.2 Å². The SMILES string of the molecule is Cc1c(CN=c2nc3n(c4cnc(C5CCN(C)CC5)cc24)CCN3)cccc1C(F)(F)F. The largest absolute Gasteiger partial charge is 0.416 e. The molecular formula is C24H27F3N6. The summed E-state index contributed by atoms with van der Waals surface area (Å²) in [7, 11) is 2.13. The predicted molar refractivity (Wildman–Crippen MR) is 121 cm³/mol. The van der Waals surface area contributed by atoms with Crippen molar-refractivity contribution in [2.45, 2.75) is 44.9 Å². The molecule has 33 heavy (non-hydrogen) atoms. The molecule has 4 heterocycles. The smallest absolute Gasteiger partial charge is 0.354 e. The molecule has 1 saturated heterocycles. The van der Waals surface area contributed by atoms with E-state index in [9.17, 15) is 13.2 Å². The number of benzene rings is 1. The zero-order valence-corrected chi connectivity index (χ0v) is 18.8. The summed E-state index contributed by atoms with van der Waals surface area (Å²) in [4.78, 5) is 16.5. The maximum atomic E-state index is 13.3. The van der Waals surface area contributed by atoms with Crippen LogP contribution in [0.3, 0.4) is 0 Å². The van der Waals surface area contributed by atoms with Crippen LogP contribution < -0.4 is 10.8 Å². The summed E-state index contributed by atoms with van der Waals surface area (Å²) in [6.45, 7) is 5.28. The van der Waals surface area contributed by atoms with E-state index in [1.54, 1.807) is 6.07 Å². The lowest BCUT2D eigenvalue weighted by atomic mass is 9.93. The number of pyridine rings is 1. The number of aromatic nitrogens is 3. The molecule has 0 radical (unpaired) electrons. The van der Waals surface area contributed by atoms with Crippen LogP contribution in [-0.2, 0) is 19.3 Å². The number of anilines is 1. The number of rotatable bonds is 3. The van der Waals surface area contributed by atoms with Gasteiger partial charge in [0.05, 0.1) is 23.8 Å². The molecular weight excluding hydrogens is 429 g/mol. The number of fused-ring (bicyclic) bond motifs is 3. The van der Waals surface area contributed by atoms with Crippen molar-refractivity contribution in [2.24, 2.45) is 4.99 Å². The number of piperidine rings is 1. The highest BCUT2D eigenvalue weighted by Crippen LogP contribution is 2.33. The van der Waals surface area contributed by atoms with Gasteiger partial charge < -0.3 is 14.8 Å². The number of hydrogen-bond donors (Lipinski definition) is 1. The van der Waals surface area contributed by atoms with Crippen molar-refractivity contribution in [1.82, 2.24) is 19.4 Å². The maximum Gasteiger partial charge on any atom is 0.416 e. The first-order chi connectivity index (χ1) is 15.8. The molecule has 3 aromatic rings. The van der Waals surface area contributed by atoms with Crippen LogP contribution in [0.5, 0.6) is 0 Å². The summed E-state index contributed by atoms with van der Waals surface area (Å²) in [6.07, 6.45) is -0.376. The molecule has 0 amide bonds. The highest BCUT2D eigenvalue weighted by molar-refractivity contribution is 5.79. The number of nitrogens with one attached hydrogen (secondary N) is 1. The second-order valence-electron chi connectivity index (χ2n) is 8.94. The number of halogens is 3.